The number of rotatable bonds is 3. The van der Waals surface area contributed by atoms with Crippen LogP contribution in [0.2, 0.25) is 0 Å². The Balaban J connectivity index is 1.87. The SMILES string of the molecule is Cc1ccccc1C(=O)NNC(=O)C=Cc1cccs1. The molecule has 1 aromatic heterocycles. The number of hydrogen-bond donors (Lipinski definition) is 2. The predicted octanol–water partition coefficient (Wildman–Crippen LogP) is 2.53. The molecule has 1 aromatic carbocycles. The molecule has 1 heterocycles. The van der Waals surface area contributed by atoms with E-state index in [0.29, 0.717) is 5.56 Å². The molecule has 4 nitrogen and oxygen atoms in total. The fourth-order valence-electron chi connectivity index (χ4n) is 1.60. The first-order chi connectivity index (χ1) is 9.66. The second-order valence-corrected chi connectivity index (χ2v) is 5.09. The number of nitrogens with one attached hydrogen (secondary N) is 2. The molecule has 20 heavy (non-hydrogen) atoms. The average Bonchev–Trinajstić information content (AvgIpc) is 2.96. The van der Waals surface area contributed by atoms with E-state index in [1.54, 1.807) is 18.2 Å². The highest BCUT2D eigenvalue weighted by molar-refractivity contribution is 7.10. The summed E-state index contributed by atoms with van der Waals surface area (Å²) in [5.74, 6) is -0.707. The number of hydrazine groups is 1. The zero-order chi connectivity index (χ0) is 14.4. The van der Waals surface area contributed by atoms with E-state index in [4.69, 9.17) is 0 Å². The van der Waals surface area contributed by atoms with E-state index in [0.717, 1.165) is 10.4 Å². The highest BCUT2D eigenvalue weighted by Gasteiger charge is 2.07. The van der Waals surface area contributed by atoms with Crippen LogP contribution in [-0.4, -0.2) is 11.8 Å². The summed E-state index contributed by atoms with van der Waals surface area (Å²) < 4.78 is 0. The first kappa shape index (κ1) is 14.0. The van der Waals surface area contributed by atoms with Crippen molar-refractivity contribution < 1.29 is 9.59 Å². The van der Waals surface area contributed by atoms with E-state index in [9.17, 15) is 9.59 Å². The average molecular weight is 286 g/mol. The van der Waals surface area contributed by atoms with Crippen LogP contribution in [0.1, 0.15) is 20.8 Å². The Labute approximate surface area is 121 Å². The molecule has 0 aliphatic heterocycles. The lowest BCUT2D eigenvalue weighted by Gasteiger charge is -2.07. The van der Waals surface area contributed by atoms with Crippen molar-refractivity contribution in [3.8, 4) is 0 Å². The Kier molecular flexibility index (Phi) is 4.68. The highest BCUT2D eigenvalue weighted by atomic mass is 32.1. The van der Waals surface area contributed by atoms with Crippen LogP contribution in [0.15, 0.2) is 47.9 Å². The van der Waals surface area contributed by atoms with Crippen LogP contribution in [0.5, 0.6) is 0 Å². The monoisotopic (exact) mass is 286 g/mol. The molecule has 0 aliphatic carbocycles. The molecule has 0 spiro atoms. The fourth-order valence-corrected chi connectivity index (χ4v) is 2.22. The van der Waals surface area contributed by atoms with Gasteiger partial charge in [-0.3, -0.25) is 20.4 Å². The van der Waals surface area contributed by atoms with E-state index in [-0.39, 0.29) is 11.8 Å². The molecule has 0 aliphatic rings. The van der Waals surface area contributed by atoms with Gasteiger partial charge in [-0.2, -0.15) is 0 Å². The number of carbonyl (C=O) groups is 2. The maximum atomic E-state index is 11.9. The topological polar surface area (TPSA) is 58.2 Å². The molecule has 0 bridgehead atoms. The molecule has 0 radical (unpaired) electrons. The summed E-state index contributed by atoms with van der Waals surface area (Å²) in [6.45, 7) is 1.84. The molecular formula is C15H14N2O2S. The van der Waals surface area contributed by atoms with Gasteiger partial charge in [0, 0.05) is 16.5 Å². The van der Waals surface area contributed by atoms with Crippen molar-refractivity contribution in [3.05, 3.63) is 63.9 Å². The van der Waals surface area contributed by atoms with Gasteiger partial charge < -0.3 is 0 Å². The summed E-state index contributed by atoms with van der Waals surface area (Å²) in [4.78, 5) is 24.4. The minimum Gasteiger partial charge on any atom is -0.268 e. The molecule has 0 unspecified atom stereocenters. The van der Waals surface area contributed by atoms with Gasteiger partial charge >= 0.3 is 0 Å². The maximum Gasteiger partial charge on any atom is 0.269 e. The molecule has 2 aromatic rings. The van der Waals surface area contributed by atoms with Crippen LogP contribution in [0.25, 0.3) is 6.08 Å². The Morgan fingerprint density at radius 2 is 1.90 bits per heavy atom. The Bertz CT molecular complexity index is 633. The Morgan fingerprint density at radius 3 is 2.60 bits per heavy atom. The number of carbonyl (C=O) groups excluding carboxylic acids is 2. The number of benzene rings is 1. The third-order valence-corrected chi connectivity index (χ3v) is 3.47. The fraction of sp³-hybridized carbons (Fsp3) is 0.0667. The lowest BCUT2D eigenvalue weighted by atomic mass is 10.1. The van der Waals surface area contributed by atoms with Crippen LogP contribution in [0, 0.1) is 6.92 Å². The third-order valence-electron chi connectivity index (χ3n) is 2.63. The standard InChI is InChI=1S/C15H14N2O2S/c1-11-5-2-3-7-13(11)15(19)17-16-14(18)9-8-12-6-4-10-20-12/h2-10H,1H3,(H,16,18)(H,17,19). The second-order valence-electron chi connectivity index (χ2n) is 4.11. The summed E-state index contributed by atoms with van der Waals surface area (Å²) in [7, 11) is 0. The van der Waals surface area contributed by atoms with Gasteiger partial charge in [0.15, 0.2) is 0 Å². The zero-order valence-corrected chi connectivity index (χ0v) is 11.7. The van der Waals surface area contributed by atoms with E-state index >= 15 is 0 Å². The predicted molar refractivity (Wildman–Crippen MR) is 80.1 cm³/mol. The normalized spacial score (nSPS) is 10.4. The summed E-state index contributed by atoms with van der Waals surface area (Å²) in [5.41, 5.74) is 6.13. The lowest BCUT2D eigenvalue weighted by molar-refractivity contribution is -0.117. The molecule has 0 atom stereocenters. The van der Waals surface area contributed by atoms with Crippen molar-refractivity contribution in [1.29, 1.82) is 0 Å². The molecular weight excluding hydrogens is 272 g/mol. The first-order valence-corrected chi connectivity index (χ1v) is 6.92. The minimum atomic E-state index is -0.375. The van der Waals surface area contributed by atoms with Crippen LogP contribution in [0.3, 0.4) is 0 Å². The van der Waals surface area contributed by atoms with E-state index < -0.39 is 0 Å². The van der Waals surface area contributed by atoms with Gasteiger partial charge in [-0.1, -0.05) is 24.3 Å². The van der Waals surface area contributed by atoms with Crippen LogP contribution < -0.4 is 10.9 Å². The molecule has 2 N–H and O–H groups in total. The van der Waals surface area contributed by atoms with Gasteiger partial charge in [0.1, 0.15) is 0 Å². The second kappa shape index (κ2) is 6.68. The smallest absolute Gasteiger partial charge is 0.268 e. The molecule has 0 fully saturated rings. The number of hydrogen-bond acceptors (Lipinski definition) is 3. The van der Waals surface area contributed by atoms with Crippen molar-refractivity contribution in [3.63, 3.8) is 0 Å². The summed E-state index contributed by atoms with van der Waals surface area (Å²) >= 11 is 1.53. The van der Waals surface area contributed by atoms with Crippen molar-refractivity contribution in [1.82, 2.24) is 10.9 Å². The van der Waals surface area contributed by atoms with Crippen LogP contribution in [0.4, 0.5) is 0 Å². The summed E-state index contributed by atoms with van der Waals surface area (Å²) in [6, 6.07) is 11.0. The van der Waals surface area contributed by atoms with Crippen molar-refractivity contribution >= 4 is 29.2 Å². The van der Waals surface area contributed by atoms with Gasteiger partial charge in [0.05, 0.1) is 0 Å². The molecule has 0 saturated carbocycles. The van der Waals surface area contributed by atoms with E-state index in [1.165, 1.54) is 17.4 Å². The zero-order valence-electron chi connectivity index (χ0n) is 10.9. The van der Waals surface area contributed by atoms with Crippen molar-refractivity contribution in [2.24, 2.45) is 0 Å². The van der Waals surface area contributed by atoms with Crippen LogP contribution >= 0.6 is 11.3 Å². The lowest BCUT2D eigenvalue weighted by Crippen LogP contribution is -2.41. The number of aryl methyl sites for hydroxylation is 1. The number of thiophene rings is 1. The van der Waals surface area contributed by atoms with Gasteiger partial charge in [0.2, 0.25) is 0 Å². The van der Waals surface area contributed by atoms with Crippen LogP contribution in [-0.2, 0) is 4.79 Å². The Hall–Kier alpha value is -2.40. The molecule has 0 saturated heterocycles. The minimum absolute atomic E-state index is 0.332. The largest absolute Gasteiger partial charge is 0.269 e. The van der Waals surface area contributed by atoms with E-state index in [1.807, 2.05) is 36.6 Å². The molecule has 2 amide bonds. The van der Waals surface area contributed by atoms with Crippen molar-refractivity contribution in [2.45, 2.75) is 6.92 Å². The van der Waals surface area contributed by atoms with Gasteiger partial charge in [-0.05, 0) is 36.1 Å². The Morgan fingerprint density at radius 1 is 1.10 bits per heavy atom. The summed E-state index contributed by atoms with van der Waals surface area (Å²) in [5, 5.41) is 1.93. The maximum absolute atomic E-state index is 11.9. The quantitative estimate of drug-likeness (QED) is 0.673. The molecule has 102 valence electrons. The highest BCUT2D eigenvalue weighted by Crippen LogP contribution is 2.09. The first-order valence-electron chi connectivity index (χ1n) is 6.04. The molecule has 2 rings (SSSR count). The summed E-state index contributed by atoms with van der Waals surface area (Å²) in [6.07, 6.45) is 3.07. The number of amides is 2. The van der Waals surface area contributed by atoms with Crippen molar-refractivity contribution in [2.75, 3.05) is 0 Å². The van der Waals surface area contributed by atoms with Gasteiger partial charge in [0.25, 0.3) is 11.8 Å². The van der Waals surface area contributed by atoms with Gasteiger partial charge in [-0.15, -0.1) is 11.3 Å². The third kappa shape index (κ3) is 3.80. The van der Waals surface area contributed by atoms with E-state index in [2.05, 4.69) is 10.9 Å². The van der Waals surface area contributed by atoms with Gasteiger partial charge in [-0.25, -0.2) is 0 Å². The molecule has 5 heteroatoms.